The minimum Gasteiger partial charge on any atom is -0.492 e. The molecule has 2 N–H and O–H groups in total. The summed E-state index contributed by atoms with van der Waals surface area (Å²) in [5.74, 6) is 0.768. The second-order valence-electron chi connectivity index (χ2n) is 7.85. The first-order chi connectivity index (χ1) is 14.7. The Hall–Kier alpha value is -2.21. The summed E-state index contributed by atoms with van der Waals surface area (Å²) in [6.45, 7) is 4.23. The highest BCUT2D eigenvalue weighted by Crippen LogP contribution is 2.48. The number of aryl methyl sites for hydroxylation is 2. The van der Waals surface area contributed by atoms with Crippen LogP contribution in [0, 0.1) is 6.92 Å². The first-order valence-electron chi connectivity index (χ1n) is 10.3. The van der Waals surface area contributed by atoms with Gasteiger partial charge in [0, 0.05) is 11.8 Å². The summed E-state index contributed by atoms with van der Waals surface area (Å²) in [6.07, 6.45) is 1.03. The van der Waals surface area contributed by atoms with Crippen LogP contribution in [0.2, 0.25) is 0 Å². The smallest absolute Gasteiger partial charge is 0.471 e. The number of hydrogen-bond donors (Lipinski definition) is 2. The zero-order valence-electron chi connectivity index (χ0n) is 18.4. The van der Waals surface area contributed by atoms with Crippen molar-refractivity contribution in [2.24, 2.45) is 0 Å². The normalized spacial score (nSPS) is 14.0. The van der Waals surface area contributed by atoms with Crippen molar-refractivity contribution in [1.82, 2.24) is 4.90 Å². The van der Waals surface area contributed by atoms with Gasteiger partial charge in [0.2, 0.25) is 0 Å². The summed E-state index contributed by atoms with van der Waals surface area (Å²) < 4.78 is 23.6. The first kappa shape index (κ1) is 23.5. The van der Waals surface area contributed by atoms with Crippen LogP contribution in [0.25, 0.3) is 10.8 Å². The van der Waals surface area contributed by atoms with Crippen molar-refractivity contribution in [1.29, 1.82) is 0 Å². The Morgan fingerprint density at radius 1 is 1.03 bits per heavy atom. The minimum absolute atomic E-state index is 0.212. The molecule has 0 aliphatic rings. The van der Waals surface area contributed by atoms with Gasteiger partial charge in [-0.2, -0.15) is 0 Å². The Kier molecular flexibility index (Phi) is 7.20. The molecule has 0 saturated heterocycles. The van der Waals surface area contributed by atoms with Gasteiger partial charge in [-0.1, -0.05) is 67.6 Å². The van der Waals surface area contributed by atoms with E-state index in [-0.39, 0.29) is 13.0 Å². The molecule has 0 spiro atoms. The van der Waals surface area contributed by atoms with Crippen LogP contribution >= 0.6 is 7.82 Å². The molecule has 0 heterocycles. The number of rotatable bonds is 9. The van der Waals surface area contributed by atoms with E-state index in [9.17, 15) is 14.4 Å². The second-order valence-corrected chi connectivity index (χ2v) is 9.01. The molecule has 0 amide bonds. The average Bonchev–Trinajstić information content (AvgIpc) is 2.73. The zero-order chi connectivity index (χ0) is 22.6. The molecule has 1 atom stereocenters. The molecule has 3 aromatic rings. The van der Waals surface area contributed by atoms with Crippen molar-refractivity contribution >= 4 is 18.6 Å². The van der Waals surface area contributed by atoms with Crippen LogP contribution in [-0.4, -0.2) is 35.4 Å². The lowest BCUT2D eigenvalue weighted by Gasteiger charge is -2.40. The zero-order valence-corrected chi connectivity index (χ0v) is 19.3. The predicted octanol–water partition coefficient (Wildman–Crippen LogP) is 5.00. The van der Waals surface area contributed by atoms with Gasteiger partial charge < -0.3 is 14.5 Å². The minimum atomic E-state index is -4.79. The van der Waals surface area contributed by atoms with Crippen LogP contribution < -0.4 is 4.74 Å². The molecule has 0 radical (unpaired) electrons. The largest absolute Gasteiger partial charge is 0.492 e. The highest BCUT2D eigenvalue weighted by molar-refractivity contribution is 7.46. The molecule has 31 heavy (non-hydrogen) atoms. The first-order valence-corrected chi connectivity index (χ1v) is 11.8. The van der Waals surface area contributed by atoms with E-state index in [1.54, 1.807) is 19.0 Å². The fourth-order valence-electron chi connectivity index (χ4n) is 3.87. The number of fused-ring (bicyclic) bond motifs is 1. The summed E-state index contributed by atoms with van der Waals surface area (Å²) in [6, 6.07) is 19.7. The van der Waals surface area contributed by atoms with Gasteiger partial charge in [0.1, 0.15) is 5.75 Å². The van der Waals surface area contributed by atoms with Crippen LogP contribution in [0.5, 0.6) is 5.75 Å². The average molecular weight is 443 g/mol. The highest BCUT2D eigenvalue weighted by Gasteiger charge is 2.42. The molecule has 0 bridgehead atoms. The number of hydrogen-bond acceptors (Lipinski definition) is 4. The third-order valence-corrected chi connectivity index (χ3v) is 6.08. The van der Waals surface area contributed by atoms with Crippen LogP contribution in [0.3, 0.4) is 0 Å². The predicted molar refractivity (Wildman–Crippen MR) is 123 cm³/mol. The van der Waals surface area contributed by atoms with Crippen LogP contribution in [0.4, 0.5) is 0 Å². The van der Waals surface area contributed by atoms with Crippen molar-refractivity contribution in [3.63, 3.8) is 0 Å². The van der Waals surface area contributed by atoms with Crippen molar-refractivity contribution in [2.45, 2.75) is 32.4 Å². The van der Waals surface area contributed by atoms with E-state index in [0.29, 0.717) is 5.56 Å². The number of benzene rings is 3. The van der Waals surface area contributed by atoms with E-state index >= 15 is 0 Å². The second kappa shape index (κ2) is 9.51. The van der Waals surface area contributed by atoms with Gasteiger partial charge >= 0.3 is 7.82 Å². The number of phosphoric ester groups is 1. The molecule has 0 aliphatic heterocycles. The van der Waals surface area contributed by atoms with Gasteiger partial charge in [-0.05, 0) is 49.5 Å². The monoisotopic (exact) mass is 443 g/mol. The molecule has 0 fully saturated rings. The fourth-order valence-corrected chi connectivity index (χ4v) is 4.63. The molecule has 0 aliphatic carbocycles. The topological polar surface area (TPSA) is 79.2 Å². The summed E-state index contributed by atoms with van der Waals surface area (Å²) in [5, 5.41) is 2.07. The van der Waals surface area contributed by atoms with Crippen LogP contribution in [0.15, 0.2) is 60.7 Å². The summed E-state index contributed by atoms with van der Waals surface area (Å²) in [5.41, 5.74) is 1.39. The molecular formula is C24H30NO5P. The molecule has 166 valence electrons. The van der Waals surface area contributed by atoms with Gasteiger partial charge in [-0.3, -0.25) is 9.42 Å². The molecule has 3 rings (SSSR count). The van der Waals surface area contributed by atoms with Gasteiger partial charge in [0.05, 0.1) is 6.61 Å². The fraction of sp³-hybridized carbons (Fsp3) is 0.333. The lowest BCUT2D eigenvalue weighted by Crippen LogP contribution is -2.44. The Bertz CT molecular complexity index is 1090. The molecule has 3 aromatic carbocycles. The standard InChI is InChI=1S/C24H30NO5P/c1-5-19-9-8-11-21(17-19)24(25(3)4,30-31(26,27)28)15-16-29-23-18(2)13-14-20-10-6-7-12-22(20)23/h6-14,17H,5,15-16H2,1-4H3,(H2,26,27,28). The lowest BCUT2D eigenvalue weighted by molar-refractivity contribution is -0.0941. The van der Waals surface area contributed by atoms with Crippen molar-refractivity contribution in [3.8, 4) is 5.75 Å². The number of ether oxygens (including phenoxy) is 1. The van der Waals surface area contributed by atoms with E-state index in [4.69, 9.17) is 9.26 Å². The molecule has 7 heteroatoms. The van der Waals surface area contributed by atoms with E-state index in [2.05, 4.69) is 6.07 Å². The summed E-state index contributed by atoms with van der Waals surface area (Å²) in [4.78, 5) is 21.1. The SMILES string of the molecule is CCc1cccc(C(CCOc2c(C)ccc3ccccc23)(OP(=O)(O)O)N(C)C)c1. The maximum Gasteiger partial charge on any atom is 0.471 e. The molecule has 0 saturated carbocycles. The van der Waals surface area contributed by atoms with E-state index in [1.807, 2.05) is 68.4 Å². The van der Waals surface area contributed by atoms with Gasteiger partial charge in [0.15, 0.2) is 5.72 Å². The Labute approximate surface area is 183 Å². The Morgan fingerprint density at radius 3 is 2.45 bits per heavy atom. The third-order valence-electron chi connectivity index (χ3n) is 5.54. The lowest BCUT2D eigenvalue weighted by atomic mass is 9.96. The quantitative estimate of drug-likeness (QED) is 0.358. The molecule has 6 nitrogen and oxygen atoms in total. The van der Waals surface area contributed by atoms with Crippen molar-refractivity contribution < 1.29 is 23.6 Å². The van der Waals surface area contributed by atoms with Gasteiger partial charge in [-0.15, -0.1) is 0 Å². The van der Waals surface area contributed by atoms with E-state index in [0.717, 1.165) is 34.1 Å². The van der Waals surface area contributed by atoms with Crippen LogP contribution in [0.1, 0.15) is 30.0 Å². The van der Waals surface area contributed by atoms with Crippen LogP contribution in [-0.2, 0) is 21.2 Å². The number of phosphoric acid groups is 1. The Balaban J connectivity index is 1.96. The van der Waals surface area contributed by atoms with E-state index < -0.39 is 13.5 Å². The summed E-state index contributed by atoms with van der Waals surface area (Å²) in [7, 11) is -1.29. The molecular weight excluding hydrogens is 413 g/mol. The van der Waals surface area contributed by atoms with Crippen molar-refractivity contribution in [2.75, 3.05) is 20.7 Å². The third kappa shape index (κ3) is 5.35. The highest BCUT2D eigenvalue weighted by atomic mass is 31.2. The van der Waals surface area contributed by atoms with Crippen molar-refractivity contribution in [3.05, 3.63) is 77.4 Å². The number of nitrogens with zero attached hydrogens (tertiary/aromatic N) is 1. The molecule has 1 unspecified atom stereocenters. The molecule has 0 aromatic heterocycles. The maximum absolute atomic E-state index is 11.9. The maximum atomic E-state index is 11.9. The Morgan fingerprint density at radius 2 is 1.77 bits per heavy atom. The van der Waals surface area contributed by atoms with Gasteiger partial charge in [0.25, 0.3) is 0 Å². The van der Waals surface area contributed by atoms with Gasteiger partial charge in [-0.25, -0.2) is 4.57 Å². The van der Waals surface area contributed by atoms with E-state index in [1.165, 1.54) is 0 Å². The summed E-state index contributed by atoms with van der Waals surface area (Å²) >= 11 is 0.